The number of sulfonamides is 1. The summed E-state index contributed by atoms with van der Waals surface area (Å²) in [6.07, 6.45) is 1.22. The average molecular weight is 579 g/mol. The van der Waals surface area contributed by atoms with Gasteiger partial charge in [0.1, 0.15) is 11.5 Å². The van der Waals surface area contributed by atoms with E-state index in [1.807, 2.05) is 37.3 Å². The Morgan fingerprint density at radius 2 is 1.65 bits per heavy atom. The number of nitrogens with one attached hydrogen (secondary N) is 2. The van der Waals surface area contributed by atoms with E-state index in [2.05, 4.69) is 15.8 Å². The summed E-state index contributed by atoms with van der Waals surface area (Å²) in [5.41, 5.74) is 5.06. The lowest BCUT2D eigenvalue weighted by Gasteiger charge is -2.21. The second kappa shape index (κ2) is 12.7. The number of hydrazone groups is 1. The number of rotatable bonds is 9. The van der Waals surface area contributed by atoms with Gasteiger partial charge in [-0.1, -0.05) is 59.6 Å². The summed E-state index contributed by atoms with van der Waals surface area (Å²) in [5, 5.41) is 6.78. The number of anilines is 1. The van der Waals surface area contributed by atoms with Gasteiger partial charge in [0, 0.05) is 17.3 Å². The third-order valence-corrected chi connectivity index (χ3v) is 7.92. The number of carbonyl (C=O) groups excluding carboxylic acids is 2. The van der Waals surface area contributed by atoms with Crippen LogP contribution in [0.3, 0.4) is 0 Å². The van der Waals surface area contributed by atoms with E-state index in [0.717, 1.165) is 11.1 Å². The highest BCUT2D eigenvalue weighted by molar-refractivity contribution is 7.89. The molecule has 0 fully saturated rings. The Morgan fingerprint density at radius 1 is 0.925 bits per heavy atom. The monoisotopic (exact) mass is 578 g/mol. The summed E-state index contributed by atoms with van der Waals surface area (Å²) >= 11 is 5.91. The molecule has 0 radical (unpaired) electrons. The molecule has 0 aliphatic rings. The Hall–Kier alpha value is -4.25. The molecule has 0 atom stereocenters. The van der Waals surface area contributed by atoms with Gasteiger partial charge in [0.05, 0.1) is 17.7 Å². The first kappa shape index (κ1) is 28.8. The van der Waals surface area contributed by atoms with Gasteiger partial charge in [0.25, 0.3) is 0 Å². The van der Waals surface area contributed by atoms with Gasteiger partial charge < -0.3 is 9.73 Å². The van der Waals surface area contributed by atoms with Crippen LogP contribution in [0.5, 0.6) is 0 Å². The van der Waals surface area contributed by atoms with Gasteiger partial charge in [-0.2, -0.15) is 9.41 Å². The van der Waals surface area contributed by atoms with E-state index in [9.17, 15) is 18.0 Å². The first-order valence-electron chi connectivity index (χ1n) is 12.2. The van der Waals surface area contributed by atoms with Crippen LogP contribution in [-0.2, 0) is 32.7 Å². The van der Waals surface area contributed by atoms with E-state index < -0.39 is 21.8 Å². The van der Waals surface area contributed by atoms with Crippen molar-refractivity contribution < 1.29 is 22.4 Å². The zero-order valence-electron chi connectivity index (χ0n) is 21.8. The molecule has 4 aromatic rings. The van der Waals surface area contributed by atoms with Crippen LogP contribution in [0.1, 0.15) is 28.2 Å². The predicted octanol–water partition coefficient (Wildman–Crippen LogP) is 5.03. The number of furan rings is 1. The van der Waals surface area contributed by atoms with Crippen molar-refractivity contribution in [2.45, 2.75) is 31.8 Å². The summed E-state index contributed by atoms with van der Waals surface area (Å²) in [7, 11) is -3.84. The van der Waals surface area contributed by atoms with E-state index >= 15 is 0 Å². The van der Waals surface area contributed by atoms with E-state index in [0.29, 0.717) is 22.0 Å². The molecule has 2 N–H and O–H groups in total. The number of carbonyl (C=O) groups is 2. The summed E-state index contributed by atoms with van der Waals surface area (Å²) in [6.45, 7) is 3.74. The molecule has 0 saturated heterocycles. The van der Waals surface area contributed by atoms with Gasteiger partial charge in [-0.3, -0.25) is 9.59 Å². The lowest BCUT2D eigenvalue weighted by atomic mass is 10.2. The molecule has 0 bridgehead atoms. The third kappa shape index (κ3) is 7.44. The van der Waals surface area contributed by atoms with Gasteiger partial charge in [0.2, 0.25) is 10.0 Å². The second-order valence-corrected chi connectivity index (χ2v) is 11.4. The maximum atomic E-state index is 13.5. The summed E-state index contributed by atoms with van der Waals surface area (Å²) in [4.78, 5) is 24.5. The number of amides is 2. The van der Waals surface area contributed by atoms with Crippen molar-refractivity contribution >= 4 is 45.3 Å². The lowest BCUT2D eigenvalue weighted by Crippen LogP contribution is -2.32. The molecule has 11 heteroatoms. The van der Waals surface area contributed by atoms with E-state index in [1.165, 1.54) is 10.5 Å². The van der Waals surface area contributed by atoms with E-state index in [-0.39, 0.29) is 23.7 Å². The lowest BCUT2D eigenvalue weighted by molar-refractivity contribution is -0.136. The molecular formula is C29H27ClN4O5S. The van der Waals surface area contributed by atoms with Crippen molar-refractivity contribution in [2.24, 2.45) is 5.10 Å². The Balaban J connectivity index is 1.43. The van der Waals surface area contributed by atoms with Crippen LogP contribution in [0.25, 0.3) is 0 Å². The van der Waals surface area contributed by atoms with Crippen LogP contribution in [0.15, 0.2) is 99.3 Å². The molecule has 0 saturated carbocycles. The predicted molar refractivity (Wildman–Crippen MR) is 153 cm³/mol. The van der Waals surface area contributed by atoms with Gasteiger partial charge in [-0.05, 0) is 67.4 Å². The fourth-order valence-electron chi connectivity index (χ4n) is 3.75. The van der Waals surface area contributed by atoms with Crippen LogP contribution in [0.2, 0.25) is 5.02 Å². The quantitative estimate of drug-likeness (QED) is 0.164. The normalized spacial score (nSPS) is 11.6. The van der Waals surface area contributed by atoms with Crippen molar-refractivity contribution in [1.29, 1.82) is 0 Å². The zero-order chi connectivity index (χ0) is 28.7. The van der Waals surface area contributed by atoms with Crippen molar-refractivity contribution in [1.82, 2.24) is 9.73 Å². The van der Waals surface area contributed by atoms with Crippen LogP contribution in [0.4, 0.5) is 5.69 Å². The van der Waals surface area contributed by atoms with Crippen molar-refractivity contribution in [3.05, 3.63) is 118 Å². The largest absolute Gasteiger partial charge is 0.459 e. The molecule has 206 valence electrons. The Bertz CT molecular complexity index is 1630. The number of aryl methyl sites for hydroxylation is 2. The zero-order valence-corrected chi connectivity index (χ0v) is 23.4. The molecule has 1 heterocycles. The molecule has 4 rings (SSSR count). The number of nitrogens with zero attached hydrogens (tertiary/aromatic N) is 2. The van der Waals surface area contributed by atoms with Crippen LogP contribution in [0, 0.1) is 13.8 Å². The second-order valence-electron chi connectivity index (χ2n) is 8.99. The number of benzene rings is 3. The van der Waals surface area contributed by atoms with Crippen LogP contribution in [-0.4, -0.2) is 30.8 Å². The highest BCUT2D eigenvalue weighted by Crippen LogP contribution is 2.23. The van der Waals surface area contributed by atoms with Gasteiger partial charge >= 0.3 is 11.8 Å². The molecular weight excluding hydrogens is 552 g/mol. The van der Waals surface area contributed by atoms with Gasteiger partial charge in [0.15, 0.2) is 0 Å². The molecule has 0 aliphatic heterocycles. The standard InChI is InChI=1S/C29H27ClN4O5S/c1-20-8-13-26(14-9-20)40(37,38)34(18-22-6-4-3-5-7-22)19-25-12-11-24(39-25)17-31-33-29(36)28(35)32-27-15-10-23(30)16-21(27)2/h3-17H,18-19H2,1-2H3,(H,32,35)(H,33,36)/b31-17+. The maximum absolute atomic E-state index is 13.5. The minimum Gasteiger partial charge on any atom is -0.459 e. The van der Waals surface area contributed by atoms with E-state index in [4.69, 9.17) is 16.0 Å². The van der Waals surface area contributed by atoms with Crippen molar-refractivity contribution in [3.63, 3.8) is 0 Å². The average Bonchev–Trinajstić information content (AvgIpc) is 3.37. The van der Waals surface area contributed by atoms with Gasteiger partial charge in [-0.25, -0.2) is 13.8 Å². The Kier molecular flexibility index (Phi) is 9.15. The molecule has 2 amide bonds. The number of halogens is 1. The Labute approximate surface area is 237 Å². The fraction of sp³-hybridized carbons (Fsp3) is 0.138. The van der Waals surface area contributed by atoms with Crippen molar-refractivity contribution in [2.75, 3.05) is 5.32 Å². The molecule has 0 unspecified atom stereocenters. The highest BCUT2D eigenvalue weighted by atomic mass is 35.5. The first-order chi connectivity index (χ1) is 19.1. The van der Waals surface area contributed by atoms with Gasteiger partial charge in [-0.15, -0.1) is 0 Å². The molecule has 0 aliphatic carbocycles. The maximum Gasteiger partial charge on any atom is 0.329 e. The number of hydrogen-bond acceptors (Lipinski definition) is 6. The first-order valence-corrected chi connectivity index (χ1v) is 14.0. The van der Waals surface area contributed by atoms with Crippen LogP contribution >= 0.6 is 11.6 Å². The smallest absolute Gasteiger partial charge is 0.329 e. The summed E-state index contributed by atoms with van der Waals surface area (Å²) in [5.74, 6) is -1.25. The number of hydrogen-bond donors (Lipinski definition) is 2. The summed E-state index contributed by atoms with van der Waals surface area (Å²) in [6, 6.07) is 24.0. The third-order valence-electron chi connectivity index (χ3n) is 5.88. The Morgan fingerprint density at radius 3 is 2.35 bits per heavy atom. The van der Waals surface area contributed by atoms with E-state index in [1.54, 1.807) is 61.5 Å². The minimum atomic E-state index is -3.84. The summed E-state index contributed by atoms with van der Waals surface area (Å²) < 4.78 is 34.1. The topological polar surface area (TPSA) is 121 Å². The molecule has 0 spiro atoms. The fourth-order valence-corrected chi connectivity index (χ4v) is 5.37. The molecule has 3 aromatic carbocycles. The molecule has 1 aromatic heterocycles. The molecule has 9 nitrogen and oxygen atoms in total. The minimum absolute atomic E-state index is 0.0336. The SMILES string of the molecule is Cc1ccc(S(=O)(=O)N(Cc2ccccc2)Cc2ccc(/C=N/NC(=O)C(=O)Nc3ccc(Cl)cc3C)o2)cc1. The molecule has 40 heavy (non-hydrogen) atoms. The highest BCUT2D eigenvalue weighted by Gasteiger charge is 2.26. The van der Waals surface area contributed by atoms with Crippen molar-refractivity contribution in [3.8, 4) is 0 Å². The van der Waals surface area contributed by atoms with Crippen LogP contribution < -0.4 is 10.7 Å².